The Morgan fingerprint density at radius 2 is 1.96 bits per heavy atom. The summed E-state index contributed by atoms with van der Waals surface area (Å²) in [5.41, 5.74) is 1.86. The monoisotopic (exact) mass is 443 g/mol. The Kier molecular flexibility index (Phi) is 5.98. The van der Waals surface area contributed by atoms with Crippen LogP contribution in [-0.2, 0) is 16.0 Å². The summed E-state index contributed by atoms with van der Waals surface area (Å²) < 4.78 is 0.876. The standard InChI is InChI=1S/C20H18BrN3O2S/c1-12(2)9-15-6-3-13(11-22)19(23-15)27-17-10-18(25)24(20(17)26)16-7-4-14(21)5-8-16/h3-8,12,17H,9-10H2,1-2H3. The van der Waals surface area contributed by atoms with E-state index in [0.717, 1.165) is 16.6 Å². The molecule has 5 nitrogen and oxygen atoms in total. The zero-order valence-electron chi connectivity index (χ0n) is 15.0. The molecule has 138 valence electrons. The van der Waals surface area contributed by atoms with Gasteiger partial charge in [0.2, 0.25) is 11.8 Å². The summed E-state index contributed by atoms with van der Waals surface area (Å²) in [6.45, 7) is 4.20. The first-order chi connectivity index (χ1) is 12.9. The summed E-state index contributed by atoms with van der Waals surface area (Å²) in [6, 6.07) is 12.8. The third-order valence-corrected chi connectivity index (χ3v) is 5.82. The zero-order valence-corrected chi connectivity index (χ0v) is 17.4. The van der Waals surface area contributed by atoms with Crippen molar-refractivity contribution in [2.24, 2.45) is 5.92 Å². The van der Waals surface area contributed by atoms with Crippen LogP contribution in [0.4, 0.5) is 5.69 Å². The lowest BCUT2D eigenvalue weighted by Gasteiger charge is -2.15. The topological polar surface area (TPSA) is 74.1 Å². The van der Waals surface area contributed by atoms with Crippen LogP contribution in [0.2, 0.25) is 0 Å². The lowest BCUT2D eigenvalue weighted by Crippen LogP contribution is -2.31. The summed E-state index contributed by atoms with van der Waals surface area (Å²) >= 11 is 4.55. The van der Waals surface area contributed by atoms with Gasteiger partial charge in [0, 0.05) is 16.6 Å². The molecule has 1 aromatic carbocycles. The van der Waals surface area contributed by atoms with Crippen LogP contribution in [0.1, 0.15) is 31.5 Å². The second kappa shape index (κ2) is 8.24. The molecule has 0 bridgehead atoms. The number of pyridine rings is 1. The molecule has 0 saturated carbocycles. The first-order valence-electron chi connectivity index (χ1n) is 8.58. The minimum absolute atomic E-state index is 0.0977. The minimum Gasteiger partial charge on any atom is -0.274 e. The lowest BCUT2D eigenvalue weighted by molar-refractivity contribution is -0.121. The van der Waals surface area contributed by atoms with Crippen molar-refractivity contribution in [2.45, 2.75) is 37.0 Å². The Morgan fingerprint density at radius 3 is 2.59 bits per heavy atom. The summed E-state index contributed by atoms with van der Waals surface area (Å²) in [4.78, 5) is 31.0. The molecule has 1 fully saturated rings. The normalized spacial score (nSPS) is 16.9. The molecular formula is C20H18BrN3O2S. The Hall–Kier alpha value is -2.17. The van der Waals surface area contributed by atoms with E-state index in [9.17, 15) is 14.9 Å². The van der Waals surface area contributed by atoms with Gasteiger partial charge in [-0.3, -0.25) is 9.59 Å². The molecule has 1 aliphatic heterocycles. The Morgan fingerprint density at radius 1 is 1.26 bits per heavy atom. The Labute approximate surface area is 170 Å². The number of carbonyl (C=O) groups is 2. The fourth-order valence-corrected chi connectivity index (χ4v) is 4.25. The van der Waals surface area contributed by atoms with Crippen LogP contribution >= 0.6 is 27.7 Å². The van der Waals surface area contributed by atoms with Gasteiger partial charge in [-0.1, -0.05) is 41.5 Å². The highest BCUT2D eigenvalue weighted by Crippen LogP contribution is 2.35. The van der Waals surface area contributed by atoms with Gasteiger partial charge < -0.3 is 0 Å². The summed E-state index contributed by atoms with van der Waals surface area (Å²) in [6.07, 6.45) is 0.891. The van der Waals surface area contributed by atoms with Crippen LogP contribution in [0.25, 0.3) is 0 Å². The van der Waals surface area contributed by atoms with Gasteiger partial charge in [0.1, 0.15) is 11.1 Å². The number of amides is 2. The van der Waals surface area contributed by atoms with Crippen molar-refractivity contribution in [1.82, 2.24) is 4.98 Å². The van der Waals surface area contributed by atoms with E-state index in [-0.39, 0.29) is 18.2 Å². The molecule has 2 heterocycles. The van der Waals surface area contributed by atoms with Crippen molar-refractivity contribution in [1.29, 1.82) is 5.26 Å². The van der Waals surface area contributed by atoms with Gasteiger partial charge in [-0.05, 0) is 48.7 Å². The van der Waals surface area contributed by atoms with Crippen molar-refractivity contribution in [3.63, 3.8) is 0 Å². The molecule has 0 N–H and O–H groups in total. The molecule has 0 radical (unpaired) electrons. The molecule has 1 unspecified atom stereocenters. The maximum Gasteiger partial charge on any atom is 0.247 e. The molecule has 1 saturated heterocycles. The smallest absolute Gasteiger partial charge is 0.247 e. The van der Waals surface area contributed by atoms with E-state index in [1.54, 1.807) is 30.3 Å². The number of aromatic nitrogens is 1. The highest BCUT2D eigenvalue weighted by molar-refractivity contribution is 9.10. The molecular weight excluding hydrogens is 426 g/mol. The summed E-state index contributed by atoms with van der Waals surface area (Å²) in [5, 5.41) is 9.31. The maximum atomic E-state index is 12.8. The number of benzene rings is 1. The predicted octanol–water partition coefficient (Wildman–Crippen LogP) is 4.34. The number of hydrogen-bond acceptors (Lipinski definition) is 5. The number of hydrogen-bond donors (Lipinski definition) is 0. The van der Waals surface area contributed by atoms with E-state index >= 15 is 0 Å². The number of anilines is 1. The van der Waals surface area contributed by atoms with Crippen LogP contribution in [0.15, 0.2) is 45.9 Å². The molecule has 1 aromatic heterocycles. The van der Waals surface area contributed by atoms with Crippen LogP contribution in [0.3, 0.4) is 0 Å². The van der Waals surface area contributed by atoms with Crippen molar-refractivity contribution < 1.29 is 9.59 Å². The van der Waals surface area contributed by atoms with Crippen molar-refractivity contribution in [2.75, 3.05) is 4.90 Å². The third kappa shape index (κ3) is 4.40. The molecule has 7 heteroatoms. The van der Waals surface area contributed by atoms with E-state index in [0.29, 0.717) is 22.2 Å². The van der Waals surface area contributed by atoms with Crippen molar-refractivity contribution in [3.8, 4) is 6.07 Å². The first-order valence-corrected chi connectivity index (χ1v) is 10.3. The number of nitriles is 1. The van der Waals surface area contributed by atoms with E-state index in [4.69, 9.17) is 0 Å². The molecule has 0 spiro atoms. The lowest BCUT2D eigenvalue weighted by atomic mass is 10.1. The molecule has 2 aromatic rings. The third-order valence-electron chi connectivity index (χ3n) is 4.10. The molecule has 0 aliphatic carbocycles. The molecule has 1 atom stereocenters. The number of thioether (sulfide) groups is 1. The largest absolute Gasteiger partial charge is 0.274 e. The highest BCUT2D eigenvalue weighted by atomic mass is 79.9. The van der Waals surface area contributed by atoms with Crippen LogP contribution in [0, 0.1) is 17.2 Å². The first kappa shape index (κ1) is 19.6. The number of carbonyl (C=O) groups excluding carboxylic acids is 2. The minimum atomic E-state index is -0.574. The molecule has 27 heavy (non-hydrogen) atoms. The average Bonchev–Trinajstić information content (AvgIpc) is 2.89. The second-order valence-corrected chi connectivity index (χ2v) is 8.83. The molecule has 1 aliphatic rings. The van der Waals surface area contributed by atoms with Gasteiger partial charge >= 0.3 is 0 Å². The maximum absolute atomic E-state index is 12.8. The van der Waals surface area contributed by atoms with E-state index in [1.807, 2.05) is 6.07 Å². The zero-order chi connectivity index (χ0) is 19.6. The van der Waals surface area contributed by atoms with Crippen molar-refractivity contribution in [3.05, 3.63) is 52.1 Å². The van der Waals surface area contributed by atoms with E-state index < -0.39 is 5.25 Å². The molecule has 2 amide bonds. The van der Waals surface area contributed by atoms with E-state index in [1.165, 1.54) is 16.7 Å². The van der Waals surface area contributed by atoms with Gasteiger partial charge in [-0.15, -0.1) is 0 Å². The number of imide groups is 1. The SMILES string of the molecule is CC(C)Cc1ccc(C#N)c(SC2CC(=O)N(c3ccc(Br)cc3)C2=O)n1. The fourth-order valence-electron chi connectivity index (χ4n) is 2.88. The summed E-state index contributed by atoms with van der Waals surface area (Å²) in [5.74, 6) is -0.0742. The summed E-state index contributed by atoms with van der Waals surface area (Å²) in [7, 11) is 0. The second-order valence-electron chi connectivity index (χ2n) is 6.72. The highest BCUT2D eigenvalue weighted by Gasteiger charge is 2.40. The Balaban J connectivity index is 1.84. The van der Waals surface area contributed by atoms with Gasteiger partial charge in [0.25, 0.3) is 0 Å². The van der Waals surface area contributed by atoms with Gasteiger partial charge in [-0.25, -0.2) is 9.88 Å². The molecule has 3 rings (SSSR count). The quantitative estimate of drug-likeness (QED) is 0.642. The van der Waals surface area contributed by atoms with Gasteiger partial charge in [0.15, 0.2) is 0 Å². The van der Waals surface area contributed by atoms with Crippen molar-refractivity contribution >= 4 is 45.2 Å². The average molecular weight is 444 g/mol. The van der Waals surface area contributed by atoms with Crippen LogP contribution in [0.5, 0.6) is 0 Å². The van der Waals surface area contributed by atoms with E-state index in [2.05, 4.69) is 40.8 Å². The van der Waals surface area contributed by atoms with Crippen LogP contribution < -0.4 is 4.90 Å². The number of rotatable bonds is 5. The van der Waals surface area contributed by atoms with Gasteiger partial charge in [0.05, 0.1) is 16.5 Å². The van der Waals surface area contributed by atoms with Gasteiger partial charge in [-0.2, -0.15) is 5.26 Å². The fraction of sp³-hybridized carbons (Fsp3) is 0.300. The number of nitrogens with zero attached hydrogens (tertiary/aromatic N) is 3. The number of halogens is 1. The Bertz CT molecular complexity index is 922. The predicted molar refractivity (Wildman–Crippen MR) is 108 cm³/mol. The van der Waals surface area contributed by atoms with Crippen LogP contribution in [-0.4, -0.2) is 22.0 Å².